The third-order valence-electron chi connectivity index (χ3n) is 3.34. The predicted octanol–water partition coefficient (Wildman–Crippen LogP) is 2.55. The first-order valence-electron chi connectivity index (χ1n) is 6.92. The average Bonchev–Trinajstić information content (AvgIpc) is 2.60. The molecule has 0 spiro atoms. The summed E-state index contributed by atoms with van der Waals surface area (Å²) in [6.45, 7) is 5.08. The zero-order valence-electron chi connectivity index (χ0n) is 11.5. The fraction of sp³-hybridized carbons (Fsp3) is 0.438. The summed E-state index contributed by atoms with van der Waals surface area (Å²) in [5.41, 5.74) is 2.86. The van der Waals surface area contributed by atoms with Crippen molar-refractivity contribution in [3.63, 3.8) is 0 Å². The number of carbonyl (C=O) groups is 1. The van der Waals surface area contributed by atoms with Crippen LogP contribution in [0.2, 0.25) is 0 Å². The molecule has 0 saturated heterocycles. The van der Waals surface area contributed by atoms with Crippen molar-refractivity contribution in [1.82, 2.24) is 4.90 Å². The van der Waals surface area contributed by atoms with Gasteiger partial charge in [-0.25, -0.2) is 4.79 Å². The SMILES string of the molecule is CCOC(=O)/C=C/CN1CCCc2ccccc2C1. The highest BCUT2D eigenvalue weighted by atomic mass is 16.5. The van der Waals surface area contributed by atoms with Crippen LogP contribution in [0.4, 0.5) is 0 Å². The lowest BCUT2D eigenvalue weighted by Crippen LogP contribution is -2.23. The molecule has 3 heteroatoms. The minimum Gasteiger partial charge on any atom is -0.463 e. The van der Waals surface area contributed by atoms with Gasteiger partial charge in [0.15, 0.2) is 0 Å². The summed E-state index contributed by atoms with van der Waals surface area (Å²) < 4.78 is 4.87. The summed E-state index contributed by atoms with van der Waals surface area (Å²) in [6, 6.07) is 8.61. The van der Waals surface area contributed by atoms with Gasteiger partial charge in [0, 0.05) is 19.2 Å². The second-order valence-electron chi connectivity index (χ2n) is 4.76. The van der Waals surface area contributed by atoms with Gasteiger partial charge in [0.05, 0.1) is 6.61 Å². The molecule has 1 heterocycles. The monoisotopic (exact) mass is 259 g/mol. The summed E-state index contributed by atoms with van der Waals surface area (Å²) in [5.74, 6) is -0.252. The first-order valence-corrected chi connectivity index (χ1v) is 6.92. The van der Waals surface area contributed by atoms with E-state index in [0.29, 0.717) is 6.61 Å². The molecule has 1 aliphatic rings. The number of hydrogen-bond donors (Lipinski definition) is 0. The molecule has 3 nitrogen and oxygen atoms in total. The first kappa shape index (κ1) is 13.8. The van der Waals surface area contributed by atoms with E-state index in [1.54, 1.807) is 0 Å². The van der Waals surface area contributed by atoms with Gasteiger partial charge in [-0.1, -0.05) is 30.3 Å². The van der Waals surface area contributed by atoms with Crippen LogP contribution in [0.1, 0.15) is 24.5 Å². The summed E-state index contributed by atoms with van der Waals surface area (Å²) in [4.78, 5) is 13.6. The van der Waals surface area contributed by atoms with Crippen LogP contribution < -0.4 is 0 Å². The van der Waals surface area contributed by atoms with Crippen LogP contribution in [-0.4, -0.2) is 30.6 Å². The fourth-order valence-corrected chi connectivity index (χ4v) is 2.41. The Morgan fingerprint density at radius 2 is 2.16 bits per heavy atom. The van der Waals surface area contributed by atoms with Gasteiger partial charge in [-0.05, 0) is 37.4 Å². The fourth-order valence-electron chi connectivity index (χ4n) is 2.41. The van der Waals surface area contributed by atoms with Crippen LogP contribution in [0.5, 0.6) is 0 Å². The van der Waals surface area contributed by atoms with Crippen molar-refractivity contribution in [2.24, 2.45) is 0 Å². The van der Waals surface area contributed by atoms with E-state index in [2.05, 4.69) is 29.2 Å². The number of nitrogens with zero attached hydrogens (tertiary/aromatic N) is 1. The predicted molar refractivity (Wildman–Crippen MR) is 75.8 cm³/mol. The van der Waals surface area contributed by atoms with Crippen LogP contribution in [-0.2, 0) is 22.5 Å². The number of esters is 1. The lowest BCUT2D eigenvalue weighted by molar-refractivity contribution is -0.137. The maximum absolute atomic E-state index is 11.2. The van der Waals surface area contributed by atoms with Crippen LogP contribution in [0.25, 0.3) is 0 Å². The molecule has 1 aromatic rings. The van der Waals surface area contributed by atoms with Crippen molar-refractivity contribution in [1.29, 1.82) is 0 Å². The molecule has 0 aromatic heterocycles. The van der Waals surface area contributed by atoms with Crippen LogP contribution in [0.15, 0.2) is 36.4 Å². The molecule has 0 amide bonds. The van der Waals surface area contributed by atoms with Gasteiger partial charge < -0.3 is 4.74 Å². The van der Waals surface area contributed by atoms with Crippen molar-refractivity contribution >= 4 is 5.97 Å². The number of hydrogen-bond acceptors (Lipinski definition) is 3. The molecular weight excluding hydrogens is 238 g/mol. The highest BCUT2D eigenvalue weighted by molar-refractivity contribution is 5.81. The molecule has 0 radical (unpaired) electrons. The molecule has 0 unspecified atom stereocenters. The van der Waals surface area contributed by atoms with Crippen molar-refractivity contribution in [3.8, 4) is 0 Å². The zero-order valence-corrected chi connectivity index (χ0v) is 11.5. The Kier molecular flexibility index (Phi) is 5.16. The molecule has 0 N–H and O–H groups in total. The van der Waals surface area contributed by atoms with E-state index in [0.717, 1.165) is 26.1 Å². The number of fused-ring (bicyclic) bond motifs is 1. The molecule has 0 bridgehead atoms. The lowest BCUT2D eigenvalue weighted by Gasteiger charge is -2.18. The number of benzene rings is 1. The van der Waals surface area contributed by atoms with E-state index < -0.39 is 0 Å². The van der Waals surface area contributed by atoms with E-state index in [9.17, 15) is 4.79 Å². The van der Waals surface area contributed by atoms with Crippen molar-refractivity contribution in [3.05, 3.63) is 47.5 Å². The van der Waals surface area contributed by atoms with E-state index in [1.165, 1.54) is 23.6 Å². The summed E-state index contributed by atoms with van der Waals surface area (Å²) in [7, 11) is 0. The second-order valence-corrected chi connectivity index (χ2v) is 4.76. The number of ether oxygens (including phenoxy) is 1. The average molecular weight is 259 g/mol. The quantitative estimate of drug-likeness (QED) is 0.615. The molecule has 1 aromatic carbocycles. The smallest absolute Gasteiger partial charge is 0.330 e. The third-order valence-corrected chi connectivity index (χ3v) is 3.34. The van der Waals surface area contributed by atoms with E-state index in [-0.39, 0.29) is 5.97 Å². The van der Waals surface area contributed by atoms with Crippen LogP contribution in [0, 0.1) is 0 Å². The minimum absolute atomic E-state index is 0.252. The number of rotatable bonds is 4. The lowest BCUT2D eigenvalue weighted by atomic mass is 10.0. The largest absolute Gasteiger partial charge is 0.463 e. The Labute approximate surface area is 114 Å². The van der Waals surface area contributed by atoms with Gasteiger partial charge in [-0.3, -0.25) is 4.90 Å². The Bertz CT molecular complexity index is 454. The topological polar surface area (TPSA) is 29.5 Å². The van der Waals surface area contributed by atoms with Crippen LogP contribution >= 0.6 is 0 Å². The Morgan fingerprint density at radius 3 is 2.95 bits per heavy atom. The Hall–Kier alpha value is -1.61. The summed E-state index contributed by atoms with van der Waals surface area (Å²) in [5, 5.41) is 0. The van der Waals surface area contributed by atoms with Crippen molar-refractivity contribution in [2.75, 3.05) is 19.7 Å². The number of aryl methyl sites for hydroxylation is 1. The Balaban J connectivity index is 1.90. The highest BCUT2D eigenvalue weighted by Crippen LogP contribution is 2.18. The first-order chi connectivity index (χ1) is 9.29. The molecule has 19 heavy (non-hydrogen) atoms. The van der Waals surface area contributed by atoms with Gasteiger partial charge in [-0.15, -0.1) is 0 Å². The molecule has 0 aliphatic carbocycles. The zero-order chi connectivity index (χ0) is 13.5. The highest BCUT2D eigenvalue weighted by Gasteiger charge is 2.12. The van der Waals surface area contributed by atoms with Crippen LogP contribution in [0.3, 0.4) is 0 Å². The van der Waals surface area contributed by atoms with E-state index >= 15 is 0 Å². The van der Waals surface area contributed by atoms with Gasteiger partial charge >= 0.3 is 5.97 Å². The molecule has 0 atom stereocenters. The Morgan fingerprint density at radius 1 is 1.37 bits per heavy atom. The van der Waals surface area contributed by atoms with Gasteiger partial charge in [0.25, 0.3) is 0 Å². The third kappa shape index (κ3) is 4.21. The van der Waals surface area contributed by atoms with Crippen molar-refractivity contribution in [2.45, 2.75) is 26.3 Å². The molecule has 1 aliphatic heterocycles. The van der Waals surface area contributed by atoms with E-state index in [1.807, 2.05) is 13.0 Å². The number of carbonyl (C=O) groups excluding carboxylic acids is 1. The molecule has 0 saturated carbocycles. The standard InChI is InChI=1S/C16H21NO2/c1-2-19-16(18)10-6-12-17-11-5-9-14-7-3-4-8-15(14)13-17/h3-4,6-8,10H,2,5,9,11-13H2,1H3/b10-6+. The van der Waals surface area contributed by atoms with Gasteiger partial charge in [0.2, 0.25) is 0 Å². The maximum atomic E-state index is 11.2. The summed E-state index contributed by atoms with van der Waals surface area (Å²) in [6.07, 6.45) is 5.74. The maximum Gasteiger partial charge on any atom is 0.330 e. The van der Waals surface area contributed by atoms with Gasteiger partial charge in [0.1, 0.15) is 0 Å². The van der Waals surface area contributed by atoms with Gasteiger partial charge in [-0.2, -0.15) is 0 Å². The normalized spacial score (nSPS) is 16.1. The second kappa shape index (κ2) is 7.10. The molecule has 0 fully saturated rings. The van der Waals surface area contributed by atoms with E-state index in [4.69, 9.17) is 4.74 Å². The molecule has 2 rings (SSSR count). The summed E-state index contributed by atoms with van der Waals surface area (Å²) >= 11 is 0. The minimum atomic E-state index is -0.252. The van der Waals surface area contributed by atoms with Crippen molar-refractivity contribution < 1.29 is 9.53 Å². The molecular formula is C16H21NO2. The molecule has 102 valence electrons.